The number of carbonyl (C=O) groups excluding carboxylic acids is 2. The summed E-state index contributed by atoms with van der Waals surface area (Å²) < 4.78 is 0. The summed E-state index contributed by atoms with van der Waals surface area (Å²) >= 11 is 0. The van der Waals surface area contributed by atoms with Crippen molar-refractivity contribution in [2.45, 2.75) is 44.7 Å². The second kappa shape index (κ2) is 7.83. The summed E-state index contributed by atoms with van der Waals surface area (Å²) in [5, 5.41) is 0. The lowest BCUT2D eigenvalue weighted by atomic mass is 10.0. The number of hydrogen-bond donors (Lipinski definition) is 1. The predicted octanol–water partition coefficient (Wildman–Crippen LogP) is 1.95. The number of carbonyl (C=O) groups is 2. The zero-order valence-electron chi connectivity index (χ0n) is 14.9. The van der Waals surface area contributed by atoms with E-state index in [-0.39, 0.29) is 17.9 Å². The number of aryl methyl sites for hydroxylation is 1. The van der Waals surface area contributed by atoms with Gasteiger partial charge >= 0.3 is 0 Å². The maximum atomic E-state index is 12.4. The molecule has 5 heteroatoms. The van der Waals surface area contributed by atoms with Gasteiger partial charge in [0.15, 0.2) is 0 Å². The van der Waals surface area contributed by atoms with Gasteiger partial charge in [-0.3, -0.25) is 14.5 Å². The first kappa shape index (κ1) is 17.7. The molecule has 134 valence electrons. The molecule has 0 saturated carbocycles. The van der Waals surface area contributed by atoms with E-state index in [1.165, 1.54) is 5.56 Å². The molecule has 0 aliphatic carbocycles. The number of hydrogen-bond acceptors (Lipinski definition) is 3. The third kappa shape index (κ3) is 4.28. The van der Waals surface area contributed by atoms with E-state index >= 15 is 0 Å². The van der Waals surface area contributed by atoms with Crippen LogP contribution in [0.5, 0.6) is 0 Å². The summed E-state index contributed by atoms with van der Waals surface area (Å²) in [5.74, 6) is -0.148. The predicted molar refractivity (Wildman–Crippen MR) is 98.7 cm³/mol. The van der Waals surface area contributed by atoms with E-state index in [9.17, 15) is 9.59 Å². The second-order valence-electron chi connectivity index (χ2n) is 7.10. The van der Waals surface area contributed by atoms with Gasteiger partial charge in [0.1, 0.15) is 0 Å². The minimum Gasteiger partial charge on any atom is -0.368 e. The molecule has 0 aromatic heterocycles. The Balaban J connectivity index is 1.53. The Kier molecular flexibility index (Phi) is 5.53. The van der Waals surface area contributed by atoms with Crippen LogP contribution in [0.2, 0.25) is 0 Å². The van der Waals surface area contributed by atoms with Crippen LogP contribution < -0.4 is 5.73 Å². The summed E-state index contributed by atoms with van der Waals surface area (Å²) in [7, 11) is 0. The van der Waals surface area contributed by atoms with Gasteiger partial charge < -0.3 is 10.6 Å². The van der Waals surface area contributed by atoms with Gasteiger partial charge in [-0.15, -0.1) is 0 Å². The average Bonchev–Trinajstić information content (AvgIpc) is 3.10. The fourth-order valence-electron chi connectivity index (χ4n) is 4.00. The Bertz CT molecular complexity index is 663. The van der Waals surface area contributed by atoms with Gasteiger partial charge in [-0.05, 0) is 50.8 Å². The number of amides is 2. The van der Waals surface area contributed by atoms with Crippen LogP contribution >= 0.6 is 0 Å². The van der Waals surface area contributed by atoms with Crippen molar-refractivity contribution in [3.05, 3.63) is 41.5 Å². The molecule has 0 spiro atoms. The highest BCUT2D eigenvalue weighted by molar-refractivity contribution is 5.91. The van der Waals surface area contributed by atoms with E-state index < -0.39 is 0 Å². The van der Waals surface area contributed by atoms with Crippen LogP contribution in [0, 0.1) is 6.92 Å². The molecule has 2 saturated heterocycles. The molecule has 0 radical (unpaired) electrons. The minimum atomic E-state index is -0.211. The normalized spacial score (nSPS) is 22.6. The smallest absolute Gasteiger partial charge is 0.246 e. The monoisotopic (exact) mass is 341 g/mol. The summed E-state index contributed by atoms with van der Waals surface area (Å²) in [6.07, 6.45) is 7.27. The van der Waals surface area contributed by atoms with Gasteiger partial charge in [0.25, 0.3) is 0 Å². The fourth-order valence-corrected chi connectivity index (χ4v) is 4.00. The quantitative estimate of drug-likeness (QED) is 0.851. The highest BCUT2D eigenvalue weighted by atomic mass is 16.2. The highest BCUT2D eigenvalue weighted by Crippen LogP contribution is 2.26. The molecular weight excluding hydrogens is 314 g/mol. The number of nitrogens with two attached hydrogens (primary N) is 1. The van der Waals surface area contributed by atoms with Crippen LogP contribution in [0.3, 0.4) is 0 Å². The molecule has 2 aliphatic heterocycles. The van der Waals surface area contributed by atoms with Crippen LogP contribution in [-0.2, 0) is 9.59 Å². The van der Waals surface area contributed by atoms with Gasteiger partial charge in [-0.25, -0.2) is 0 Å². The first-order valence-corrected chi connectivity index (χ1v) is 9.13. The fraction of sp³-hybridized carbons (Fsp3) is 0.500. The van der Waals surface area contributed by atoms with Crippen molar-refractivity contribution in [1.29, 1.82) is 0 Å². The summed E-state index contributed by atoms with van der Waals surface area (Å²) in [4.78, 5) is 28.1. The van der Waals surface area contributed by atoms with E-state index in [0.717, 1.165) is 50.9 Å². The summed E-state index contributed by atoms with van der Waals surface area (Å²) in [6.45, 7) is 4.47. The summed E-state index contributed by atoms with van der Waals surface area (Å²) in [6, 6.07) is 8.35. The third-order valence-corrected chi connectivity index (χ3v) is 5.33. The van der Waals surface area contributed by atoms with Gasteiger partial charge in [0.2, 0.25) is 11.8 Å². The molecule has 1 atom stereocenters. The molecule has 2 amide bonds. The van der Waals surface area contributed by atoms with Gasteiger partial charge in [0, 0.05) is 25.2 Å². The lowest BCUT2D eigenvalue weighted by Crippen LogP contribution is -2.51. The molecule has 2 fully saturated rings. The zero-order valence-corrected chi connectivity index (χ0v) is 14.9. The van der Waals surface area contributed by atoms with Crippen molar-refractivity contribution in [3.63, 3.8) is 0 Å². The van der Waals surface area contributed by atoms with Gasteiger partial charge in [0.05, 0.1) is 6.04 Å². The number of nitrogens with zero attached hydrogens (tertiary/aromatic N) is 2. The largest absolute Gasteiger partial charge is 0.368 e. The van der Waals surface area contributed by atoms with Gasteiger partial charge in [-0.2, -0.15) is 0 Å². The van der Waals surface area contributed by atoms with E-state index in [1.54, 1.807) is 6.08 Å². The Morgan fingerprint density at radius 3 is 2.60 bits per heavy atom. The molecule has 1 aromatic rings. The molecule has 0 unspecified atom stereocenters. The van der Waals surface area contributed by atoms with Gasteiger partial charge in [-0.1, -0.05) is 29.8 Å². The molecular formula is C20H27N3O2. The highest BCUT2D eigenvalue weighted by Gasteiger charge is 2.35. The molecule has 3 rings (SSSR count). The maximum Gasteiger partial charge on any atom is 0.246 e. The van der Waals surface area contributed by atoms with E-state index in [1.807, 2.05) is 36.1 Å². The standard InChI is InChI=1S/C20H27N3O2/c1-15-4-2-5-16(14-15)7-8-19(24)22-12-9-17(10-13-22)23-11-3-6-18(23)20(21)25/h2,4-5,7-8,14,17-18H,3,6,9-13H2,1H3,(H2,21,25)/b8-7+/t18-/m1/s1. The van der Waals surface area contributed by atoms with E-state index in [2.05, 4.69) is 11.0 Å². The van der Waals surface area contributed by atoms with Crippen LogP contribution in [0.15, 0.2) is 30.3 Å². The van der Waals surface area contributed by atoms with Crippen molar-refractivity contribution in [1.82, 2.24) is 9.80 Å². The first-order valence-electron chi connectivity index (χ1n) is 9.13. The minimum absolute atomic E-state index is 0.0628. The first-order chi connectivity index (χ1) is 12.0. The topological polar surface area (TPSA) is 66.6 Å². The van der Waals surface area contributed by atoms with E-state index in [0.29, 0.717) is 6.04 Å². The number of rotatable bonds is 4. The van der Waals surface area contributed by atoms with Crippen molar-refractivity contribution in [2.24, 2.45) is 5.73 Å². The Morgan fingerprint density at radius 1 is 1.16 bits per heavy atom. The summed E-state index contributed by atoms with van der Waals surface area (Å²) in [5.41, 5.74) is 7.75. The van der Waals surface area contributed by atoms with Crippen LogP contribution in [0.1, 0.15) is 36.8 Å². The number of primary amides is 1. The van der Waals surface area contributed by atoms with Crippen LogP contribution in [-0.4, -0.2) is 53.3 Å². The molecule has 2 N–H and O–H groups in total. The number of likely N-dealkylation sites (tertiary alicyclic amines) is 2. The second-order valence-corrected chi connectivity index (χ2v) is 7.10. The average molecular weight is 341 g/mol. The number of piperidine rings is 1. The molecule has 25 heavy (non-hydrogen) atoms. The Labute approximate surface area is 149 Å². The maximum absolute atomic E-state index is 12.4. The van der Waals surface area contributed by atoms with Crippen LogP contribution in [0.4, 0.5) is 0 Å². The molecule has 5 nitrogen and oxygen atoms in total. The lowest BCUT2D eigenvalue weighted by molar-refractivity contribution is -0.129. The molecule has 1 aromatic carbocycles. The lowest BCUT2D eigenvalue weighted by Gasteiger charge is -2.38. The Hall–Kier alpha value is -2.14. The molecule has 0 bridgehead atoms. The van der Waals surface area contributed by atoms with Crippen molar-refractivity contribution in [3.8, 4) is 0 Å². The van der Waals surface area contributed by atoms with E-state index in [4.69, 9.17) is 5.73 Å². The van der Waals surface area contributed by atoms with Crippen molar-refractivity contribution in [2.75, 3.05) is 19.6 Å². The van der Waals surface area contributed by atoms with Crippen molar-refractivity contribution >= 4 is 17.9 Å². The SMILES string of the molecule is Cc1cccc(/C=C/C(=O)N2CCC(N3CCC[C@@H]3C(N)=O)CC2)c1. The zero-order chi connectivity index (χ0) is 17.8. The van der Waals surface area contributed by atoms with Crippen molar-refractivity contribution < 1.29 is 9.59 Å². The molecule has 2 heterocycles. The third-order valence-electron chi connectivity index (χ3n) is 5.33. The van der Waals surface area contributed by atoms with Crippen LogP contribution in [0.25, 0.3) is 6.08 Å². The number of benzene rings is 1. The molecule has 2 aliphatic rings. The Morgan fingerprint density at radius 2 is 1.92 bits per heavy atom.